The Morgan fingerprint density at radius 2 is 2.03 bits per heavy atom. The molecule has 0 amide bonds. The van der Waals surface area contributed by atoms with Crippen LogP contribution in [0.15, 0.2) is 24.4 Å². The summed E-state index contributed by atoms with van der Waals surface area (Å²) in [6.07, 6.45) is -6.40. The number of aliphatic hydroxyl groups is 1. The van der Waals surface area contributed by atoms with Crippen molar-refractivity contribution in [3.8, 4) is 5.69 Å². The molecule has 1 heterocycles. The van der Waals surface area contributed by atoms with Crippen molar-refractivity contribution in [2.24, 2.45) is 0 Å². The van der Waals surface area contributed by atoms with E-state index in [1.54, 1.807) is 0 Å². The molecule has 1 aliphatic carbocycles. The molecule has 2 aromatic rings. The van der Waals surface area contributed by atoms with Gasteiger partial charge in [-0.2, -0.15) is 8.78 Å². The van der Waals surface area contributed by atoms with Crippen LogP contribution in [0.25, 0.3) is 5.69 Å². The molecule has 1 N–H and O–H groups in total. The number of fused-ring (bicyclic) bond motifs is 1. The maximum absolute atomic E-state index is 14.7. The van der Waals surface area contributed by atoms with Gasteiger partial charge < -0.3 is 14.4 Å². The summed E-state index contributed by atoms with van der Waals surface area (Å²) in [6, 6.07) is 2.44. The van der Waals surface area contributed by atoms with Crippen molar-refractivity contribution in [2.75, 3.05) is 6.61 Å². The second-order valence-corrected chi connectivity index (χ2v) is 6.93. The number of halogens is 7. The zero-order chi connectivity index (χ0) is 22.4. The third-order valence-corrected chi connectivity index (χ3v) is 4.86. The minimum absolute atomic E-state index is 0.155. The number of carbonyl (C=O) groups is 1. The van der Waals surface area contributed by atoms with Crippen molar-refractivity contribution in [3.05, 3.63) is 52.6 Å². The molecule has 11 heteroatoms. The summed E-state index contributed by atoms with van der Waals surface area (Å²) in [5.74, 6) is -9.92. The highest BCUT2D eigenvalue weighted by molar-refractivity contribution is 5.66. The number of aliphatic hydroxyl groups excluding tert-OH is 1. The summed E-state index contributed by atoms with van der Waals surface area (Å²) >= 11 is 0. The number of alkyl halides is 6. The van der Waals surface area contributed by atoms with Crippen LogP contribution in [0.3, 0.4) is 0 Å². The van der Waals surface area contributed by atoms with Crippen LogP contribution in [-0.4, -0.2) is 28.2 Å². The summed E-state index contributed by atoms with van der Waals surface area (Å²) < 4.78 is 102. The number of esters is 1. The SMILES string of the molecule is CC(=O)OCC(F)(F)c1cn(-c2ccc(F)c(C(F)F)c2)c2c1[C@H](O)C(F)(F)CC2. The lowest BCUT2D eigenvalue weighted by atomic mass is 9.87. The smallest absolute Gasteiger partial charge is 0.308 e. The number of hydrogen-bond donors (Lipinski definition) is 1. The second kappa shape index (κ2) is 7.60. The van der Waals surface area contributed by atoms with E-state index in [4.69, 9.17) is 0 Å². The van der Waals surface area contributed by atoms with E-state index in [0.717, 1.165) is 17.6 Å². The summed E-state index contributed by atoms with van der Waals surface area (Å²) in [6.45, 7) is -0.590. The van der Waals surface area contributed by atoms with Gasteiger partial charge in [0.1, 0.15) is 11.9 Å². The molecule has 0 unspecified atom stereocenters. The van der Waals surface area contributed by atoms with Crippen LogP contribution in [0.1, 0.15) is 48.3 Å². The van der Waals surface area contributed by atoms with Crippen LogP contribution in [-0.2, 0) is 21.9 Å². The summed E-state index contributed by atoms with van der Waals surface area (Å²) in [5, 5.41) is 10.1. The zero-order valence-electron chi connectivity index (χ0n) is 15.4. The lowest BCUT2D eigenvalue weighted by Crippen LogP contribution is -2.34. The predicted molar refractivity (Wildman–Crippen MR) is 89.4 cm³/mol. The molecule has 0 bridgehead atoms. The lowest BCUT2D eigenvalue weighted by molar-refractivity contribution is -0.154. The van der Waals surface area contributed by atoms with E-state index in [-0.39, 0.29) is 11.4 Å². The topological polar surface area (TPSA) is 51.5 Å². The van der Waals surface area contributed by atoms with E-state index in [0.29, 0.717) is 18.3 Å². The Morgan fingerprint density at radius 1 is 1.37 bits per heavy atom. The van der Waals surface area contributed by atoms with Crippen LogP contribution < -0.4 is 0 Å². The van der Waals surface area contributed by atoms with Crippen molar-refractivity contribution in [2.45, 2.75) is 44.1 Å². The Hall–Kier alpha value is -2.56. The molecule has 0 saturated heterocycles. The van der Waals surface area contributed by atoms with Gasteiger partial charge in [0, 0.05) is 42.0 Å². The third-order valence-electron chi connectivity index (χ3n) is 4.86. The van der Waals surface area contributed by atoms with Gasteiger partial charge in [0.05, 0.1) is 5.56 Å². The number of benzene rings is 1. The maximum Gasteiger partial charge on any atom is 0.308 e. The second-order valence-electron chi connectivity index (χ2n) is 6.93. The molecule has 1 aliphatic rings. The van der Waals surface area contributed by atoms with Crippen molar-refractivity contribution >= 4 is 5.97 Å². The first-order valence-corrected chi connectivity index (χ1v) is 8.75. The van der Waals surface area contributed by atoms with Crippen molar-refractivity contribution in [1.29, 1.82) is 0 Å². The molecule has 1 aromatic carbocycles. The lowest BCUT2D eigenvalue weighted by Gasteiger charge is -2.30. The van der Waals surface area contributed by atoms with Gasteiger partial charge in [0.2, 0.25) is 0 Å². The Morgan fingerprint density at radius 3 is 2.63 bits per heavy atom. The van der Waals surface area contributed by atoms with Gasteiger partial charge in [-0.1, -0.05) is 0 Å². The quantitative estimate of drug-likeness (QED) is 0.537. The largest absolute Gasteiger partial charge is 0.459 e. The Bertz CT molecular complexity index is 971. The highest BCUT2D eigenvalue weighted by Gasteiger charge is 2.50. The first kappa shape index (κ1) is 22.1. The van der Waals surface area contributed by atoms with Crippen LogP contribution in [0.4, 0.5) is 30.7 Å². The van der Waals surface area contributed by atoms with E-state index in [1.807, 2.05) is 0 Å². The van der Waals surface area contributed by atoms with Gasteiger partial charge in [0.15, 0.2) is 6.61 Å². The van der Waals surface area contributed by atoms with E-state index < -0.39 is 72.3 Å². The van der Waals surface area contributed by atoms with Crippen LogP contribution >= 0.6 is 0 Å². The number of aromatic nitrogens is 1. The Balaban J connectivity index is 2.20. The van der Waals surface area contributed by atoms with E-state index in [9.17, 15) is 40.6 Å². The van der Waals surface area contributed by atoms with Gasteiger partial charge >= 0.3 is 11.9 Å². The monoisotopic (exact) mass is 439 g/mol. The van der Waals surface area contributed by atoms with Crippen LogP contribution in [0.5, 0.6) is 0 Å². The molecule has 30 heavy (non-hydrogen) atoms. The molecule has 0 saturated carbocycles. The molecule has 4 nitrogen and oxygen atoms in total. The number of hydrogen-bond acceptors (Lipinski definition) is 3. The highest BCUT2D eigenvalue weighted by atomic mass is 19.3. The molecule has 164 valence electrons. The standard InChI is InChI=1S/C19H16F7NO3/c1-9(28)30-8-19(25,26)12-7-27(10-2-3-13(20)11(6-10)17(21)22)14-4-5-18(23,24)16(29)15(12)14/h2-3,6-7,16-17,29H,4-5,8H2,1H3/t16-/m0/s1. The summed E-state index contributed by atoms with van der Waals surface area (Å²) in [4.78, 5) is 10.9. The molecule has 1 atom stereocenters. The highest BCUT2D eigenvalue weighted by Crippen LogP contribution is 2.48. The molecular weight excluding hydrogens is 423 g/mol. The van der Waals surface area contributed by atoms with E-state index in [2.05, 4.69) is 4.74 Å². The first-order chi connectivity index (χ1) is 13.8. The molecule has 1 aromatic heterocycles. The van der Waals surface area contributed by atoms with E-state index >= 15 is 0 Å². The molecule has 0 radical (unpaired) electrons. The average Bonchev–Trinajstić information content (AvgIpc) is 3.04. The fourth-order valence-corrected chi connectivity index (χ4v) is 3.40. The van der Waals surface area contributed by atoms with Crippen LogP contribution in [0.2, 0.25) is 0 Å². The third kappa shape index (κ3) is 3.90. The van der Waals surface area contributed by atoms with E-state index in [1.165, 1.54) is 0 Å². The van der Waals surface area contributed by atoms with Crippen molar-refractivity contribution in [3.63, 3.8) is 0 Å². The summed E-state index contributed by atoms with van der Waals surface area (Å²) in [5.41, 5.74) is -3.13. The predicted octanol–water partition coefficient (Wildman–Crippen LogP) is 4.82. The van der Waals surface area contributed by atoms with Crippen molar-refractivity contribution < 1.29 is 45.4 Å². The van der Waals surface area contributed by atoms with Crippen molar-refractivity contribution in [1.82, 2.24) is 4.57 Å². The molecule has 0 spiro atoms. The minimum atomic E-state index is -3.96. The van der Waals surface area contributed by atoms with Gasteiger partial charge in [-0.05, 0) is 24.6 Å². The normalized spacial score (nSPS) is 18.4. The summed E-state index contributed by atoms with van der Waals surface area (Å²) in [7, 11) is 0. The number of ether oxygens (including phenoxy) is 1. The fraction of sp³-hybridized carbons (Fsp3) is 0.421. The maximum atomic E-state index is 14.7. The Labute approximate surface area is 165 Å². The average molecular weight is 439 g/mol. The van der Waals surface area contributed by atoms with Gasteiger partial charge in [-0.3, -0.25) is 4.79 Å². The molecular formula is C19H16F7NO3. The number of rotatable bonds is 5. The number of carbonyl (C=O) groups excluding carboxylic acids is 1. The van der Waals surface area contributed by atoms with Crippen LogP contribution in [0, 0.1) is 5.82 Å². The van der Waals surface area contributed by atoms with Gasteiger partial charge in [-0.25, -0.2) is 22.0 Å². The van der Waals surface area contributed by atoms with Gasteiger partial charge in [0.25, 0.3) is 12.3 Å². The minimum Gasteiger partial charge on any atom is -0.459 e. The Kier molecular flexibility index (Phi) is 5.61. The fourth-order valence-electron chi connectivity index (χ4n) is 3.40. The molecule has 3 rings (SSSR count). The zero-order valence-corrected chi connectivity index (χ0v) is 15.4. The molecule has 0 fully saturated rings. The first-order valence-electron chi connectivity index (χ1n) is 8.75. The number of nitrogens with zero attached hydrogens (tertiary/aromatic N) is 1. The molecule has 0 aliphatic heterocycles. The van der Waals surface area contributed by atoms with Gasteiger partial charge in [-0.15, -0.1) is 0 Å².